The molecular weight excluding hydrogens is 516 g/mol. The maximum Gasteiger partial charge on any atom is 0.335 e. The topological polar surface area (TPSA) is 107 Å². The van der Waals surface area contributed by atoms with Crippen molar-refractivity contribution >= 4 is 16.0 Å². The van der Waals surface area contributed by atoms with Crippen molar-refractivity contribution in [2.24, 2.45) is 5.92 Å². The van der Waals surface area contributed by atoms with Crippen molar-refractivity contribution in [2.75, 3.05) is 26.7 Å². The summed E-state index contributed by atoms with van der Waals surface area (Å²) in [6, 6.07) is 19.3. The number of sulfonamides is 1. The van der Waals surface area contributed by atoms with E-state index in [-0.39, 0.29) is 35.6 Å². The van der Waals surface area contributed by atoms with Crippen LogP contribution in [0.3, 0.4) is 0 Å². The molecule has 0 unspecified atom stereocenters. The van der Waals surface area contributed by atoms with Gasteiger partial charge in [0.2, 0.25) is 10.0 Å². The van der Waals surface area contributed by atoms with Crippen LogP contribution in [-0.2, 0) is 16.6 Å². The first kappa shape index (κ1) is 28.8. The molecule has 8 nitrogen and oxygen atoms in total. The summed E-state index contributed by atoms with van der Waals surface area (Å²) in [5.74, 6) is -0.852. The van der Waals surface area contributed by atoms with Crippen molar-refractivity contribution in [1.29, 1.82) is 0 Å². The number of carbonyl (C=O) groups is 1. The van der Waals surface area contributed by atoms with E-state index >= 15 is 0 Å². The van der Waals surface area contributed by atoms with Crippen LogP contribution in [0.15, 0.2) is 71.6 Å². The molecule has 39 heavy (non-hydrogen) atoms. The summed E-state index contributed by atoms with van der Waals surface area (Å²) in [7, 11) is -1.97. The van der Waals surface area contributed by atoms with Crippen LogP contribution in [0.1, 0.15) is 35.3 Å². The number of fused-ring (bicyclic) bond motifs is 1. The number of aromatic carboxylic acids is 1. The fourth-order valence-electron chi connectivity index (χ4n) is 4.94. The van der Waals surface area contributed by atoms with Gasteiger partial charge in [-0.05, 0) is 67.4 Å². The maximum absolute atomic E-state index is 13.8. The summed E-state index contributed by atoms with van der Waals surface area (Å²) in [5, 5.41) is 19.1. The summed E-state index contributed by atoms with van der Waals surface area (Å²) >= 11 is 0. The van der Waals surface area contributed by atoms with Gasteiger partial charge in [-0.15, -0.1) is 0 Å². The first-order valence-corrected chi connectivity index (χ1v) is 14.5. The van der Waals surface area contributed by atoms with E-state index in [9.17, 15) is 18.3 Å². The third kappa shape index (κ3) is 6.33. The minimum Gasteiger partial charge on any atom is -0.487 e. The molecule has 3 atom stereocenters. The quantitative estimate of drug-likeness (QED) is 0.430. The molecule has 0 aromatic heterocycles. The molecule has 4 rings (SSSR count). The molecule has 0 saturated heterocycles. The number of hydrogen-bond donors (Lipinski definition) is 2. The zero-order valence-electron chi connectivity index (χ0n) is 22.7. The van der Waals surface area contributed by atoms with E-state index in [1.807, 2.05) is 45.2 Å². The molecule has 1 heterocycles. The average molecular weight is 553 g/mol. The second kappa shape index (κ2) is 11.9. The third-order valence-electron chi connectivity index (χ3n) is 7.27. The van der Waals surface area contributed by atoms with Crippen molar-refractivity contribution < 1.29 is 28.2 Å². The normalized spacial score (nSPS) is 19.9. The number of hydrogen-bond acceptors (Lipinski definition) is 6. The fraction of sp³-hybridized carbons (Fsp3) is 0.367. The molecule has 0 amide bonds. The number of rotatable bonds is 8. The monoisotopic (exact) mass is 552 g/mol. The minimum atomic E-state index is -3.92. The van der Waals surface area contributed by atoms with Crippen LogP contribution in [0.2, 0.25) is 0 Å². The van der Waals surface area contributed by atoms with Gasteiger partial charge in [0.15, 0.2) is 0 Å². The molecule has 0 bridgehead atoms. The van der Waals surface area contributed by atoms with E-state index in [2.05, 4.69) is 4.90 Å². The lowest BCUT2D eigenvalue weighted by molar-refractivity contribution is 0.0697. The summed E-state index contributed by atoms with van der Waals surface area (Å²) < 4.78 is 35.4. The van der Waals surface area contributed by atoms with Gasteiger partial charge in [0, 0.05) is 31.6 Å². The highest BCUT2D eigenvalue weighted by Crippen LogP contribution is 2.37. The van der Waals surface area contributed by atoms with Gasteiger partial charge >= 0.3 is 5.97 Å². The third-order valence-corrected chi connectivity index (χ3v) is 9.29. The predicted molar refractivity (Wildman–Crippen MR) is 150 cm³/mol. The highest BCUT2D eigenvalue weighted by Gasteiger charge is 2.38. The Morgan fingerprint density at radius 1 is 1.13 bits per heavy atom. The highest BCUT2D eigenvalue weighted by molar-refractivity contribution is 7.89. The molecule has 3 aromatic carbocycles. The van der Waals surface area contributed by atoms with Gasteiger partial charge in [0.1, 0.15) is 16.7 Å². The van der Waals surface area contributed by atoms with Crippen molar-refractivity contribution in [2.45, 2.75) is 44.4 Å². The number of ether oxygens (including phenoxy) is 1. The molecule has 3 aromatic rings. The smallest absolute Gasteiger partial charge is 0.335 e. The Kier molecular flexibility index (Phi) is 8.76. The standard InChI is InChI=1S/C30H36N2O6S/c1-20-7-5-6-8-26(20)25-13-14-29-27(15-25)38-28(21(2)16-32(22(3)19-33)39(29,36)37)18-31(4)17-23-9-11-24(12-10-23)30(34)35/h5-15,21-22,28,33H,16-19H2,1-4H3,(H,34,35)/t21-,22-,28+/m1/s1. The zero-order valence-corrected chi connectivity index (χ0v) is 23.6. The lowest BCUT2D eigenvalue weighted by atomic mass is 10.00. The lowest BCUT2D eigenvalue weighted by Gasteiger charge is -2.37. The first-order valence-electron chi connectivity index (χ1n) is 13.0. The number of nitrogens with zero attached hydrogens (tertiary/aromatic N) is 2. The Balaban J connectivity index is 1.69. The Bertz CT molecular complexity index is 1420. The van der Waals surface area contributed by atoms with Crippen LogP contribution in [0.25, 0.3) is 11.1 Å². The van der Waals surface area contributed by atoms with E-state index < -0.39 is 22.0 Å². The number of aliphatic hydroxyl groups excluding tert-OH is 1. The molecule has 2 N–H and O–H groups in total. The second-order valence-electron chi connectivity index (χ2n) is 10.4. The van der Waals surface area contributed by atoms with Crippen LogP contribution < -0.4 is 4.74 Å². The lowest BCUT2D eigenvalue weighted by Crippen LogP contribution is -2.49. The molecule has 0 spiro atoms. The van der Waals surface area contributed by atoms with Crippen LogP contribution in [0, 0.1) is 12.8 Å². The number of aryl methyl sites for hydroxylation is 1. The predicted octanol–water partition coefficient (Wildman–Crippen LogP) is 4.26. The minimum absolute atomic E-state index is 0.0870. The Labute approximate surface area is 230 Å². The molecule has 1 aliphatic heterocycles. The molecule has 0 fully saturated rings. The van der Waals surface area contributed by atoms with Gasteiger partial charge < -0.3 is 14.9 Å². The van der Waals surface area contributed by atoms with Gasteiger partial charge in [-0.2, -0.15) is 4.31 Å². The Hall–Kier alpha value is -3.24. The number of benzene rings is 3. The maximum atomic E-state index is 13.8. The molecule has 0 saturated carbocycles. The van der Waals surface area contributed by atoms with Crippen molar-refractivity contribution in [3.63, 3.8) is 0 Å². The van der Waals surface area contributed by atoms with Crippen molar-refractivity contribution in [1.82, 2.24) is 9.21 Å². The van der Waals surface area contributed by atoms with Gasteiger partial charge in [-0.25, -0.2) is 13.2 Å². The number of carboxylic acids is 1. The second-order valence-corrected chi connectivity index (χ2v) is 12.3. The fourth-order valence-corrected chi connectivity index (χ4v) is 6.77. The Morgan fingerprint density at radius 2 is 1.82 bits per heavy atom. The zero-order chi connectivity index (χ0) is 28.3. The summed E-state index contributed by atoms with van der Waals surface area (Å²) in [4.78, 5) is 13.3. The van der Waals surface area contributed by atoms with Crippen LogP contribution in [0.5, 0.6) is 5.75 Å². The summed E-state index contributed by atoms with van der Waals surface area (Å²) in [6.45, 7) is 6.67. The molecular formula is C30H36N2O6S. The number of carboxylic acid groups (broad SMARTS) is 1. The summed E-state index contributed by atoms with van der Waals surface area (Å²) in [5.41, 5.74) is 4.12. The van der Waals surface area contributed by atoms with E-state index in [0.717, 1.165) is 22.3 Å². The molecule has 0 aliphatic carbocycles. The van der Waals surface area contributed by atoms with Gasteiger partial charge in [0.25, 0.3) is 0 Å². The number of likely N-dealkylation sites (N-methyl/N-ethyl adjacent to an activating group) is 1. The molecule has 9 heteroatoms. The van der Waals surface area contributed by atoms with Crippen LogP contribution >= 0.6 is 0 Å². The average Bonchev–Trinajstić information content (AvgIpc) is 2.90. The molecule has 0 radical (unpaired) electrons. The largest absolute Gasteiger partial charge is 0.487 e. The van der Waals surface area contributed by atoms with Crippen LogP contribution in [0.4, 0.5) is 0 Å². The van der Waals surface area contributed by atoms with Gasteiger partial charge in [-0.3, -0.25) is 4.90 Å². The van der Waals surface area contributed by atoms with Crippen LogP contribution in [-0.4, -0.2) is 72.7 Å². The van der Waals surface area contributed by atoms with E-state index in [0.29, 0.717) is 18.8 Å². The van der Waals surface area contributed by atoms with E-state index in [4.69, 9.17) is 9.84 Å². The molecule has 208 valence electrons. The van der Waals surface area contributed by atoms with Crippen molar-refractivity contribution in [3.8, 4) is 16.9 Å². The number of aliphatic hydroxyl groups is 1. The Morgan fingerprint density at radius 3 is 2.46 bits per heavy atom. The van der Waals surface area contributed by atoms with Gasteiger partial charge in [0.05, 0.1) is 12.2 Å². The molecule has 1 aliphatic rings. The summed E-state index contributed by atoms with van der Waals surface area (Å²) in [6.07, 6.45) is -0.344. The SMILES string of the molecule is Cc1ccccc1-c1ccc2c(c1)O[C@@H](CN(C)Cc1ccc(C(=O)O)cc1)[C@H](C)CN([C@H](C)CO)S2(=O)=O. The first-order chi connectivity index (χ1) is 18.5. The van der Waals surface area contributed by atoms with Crippen molar-refractivity contribution in [3.05, 3.63) is 83.4 Å². The highest BCUT2D eigenvalue weighted by atomic mass is 32.2. The van der Waals surface area contributed by atoms with Gasteiger partial charge in [-0.1, -0.05) is 49.4 Å². The van der Waals surface area contributed by atoms with E-state index in [1.54, 1.807) is 49.4 Å². The van der Waals surface area contributed by atoms with E-state index in [1.165, 1.54) is 4.31 Å².